The third-order valence-electron chi connectivity index (χ3n) is 5.05. The first-order valence-electron chi connectivity index (χ1n) is 10.9. The first kappa shape index (κ1) is 26.7. The van der Waals surface area contributed by atoms with Crippen LogP contribution >= 0.6 is 24.0 Å². The van der Waals surface area contributed by atoms with Gasteiger partial charge in [-0.1, -0.05) is 42.5 Å². The van der Waals surface area contributed by atoms with Crippen molar-refractivity contribution in [2.24, 2.45) is 4.99 Å². The van der Waals surface area contributed by atoms with E-state index in [2.05, 4.69) is 74.6 Å². The molecule has 0 unspecified atom stereocenters. The van der Waals surface area contributed by atoms with E-state index in [1.165, 1.54) is 11.1 Å². The molecule has 0 aliphatic heterocycles. The second-order valence-corrected chi connectivity index (χ2v) is 7.54. The largest absolute Gasteiger partial charge is 0.493 e. The van der Waals surface area contributed by atoms with E-state index < -0.39 is 0 Å². The van der Waals surface area contributed by atoms with Gasteiger partial charge < -0.3 is 24.7 Å². The van der Waals surface area contributed by atoms with Crippen LogP contribution in [0.15, 0.2) is 65.9 Å². The summed E-state index contributed by atoms with van der Waals surface area (Å²) >= 11 is 0. The number of nitrogens with one attached hydrogen (secondary N) is 2. The zero-order chi connectivity index (χ0) is 22.6. The van der Waals surface area contributed by atoms with E-state index in [1.54, 1.807) is 14.2 Å². The van der Waals surface area contributed by atoms with E-state index in [0.717, 1.165) is 30.1 Å². The standard InChI is InChI=1S/C25H33N5O2.HI/c1-20-10-11-22(23(16-20)32-15-7-14-31-3)17-28-25(26-2)29-18-24-27-12-13-30(24)19-21-8-5-4-6-9-21;/h4-6,8-13,16H,7,14-15,17-19H2,1-3H3,(H2,26,28,29);1H. The smallest absolute Gasteiger partial charge is 0.191 e. The lowest BCUT2D eigenvalue weighted by Gasteiger charge is -2.16. The molecule has 7 nitrogen and oxygen atoms in total. The summed E-state index contributed by atoms with van der Waals surface area (Å²) in [7, 11) is 3.47. The fourth-order valence-electron chi connectivity index (χ4n) is 3.32. The van der Waals surface area contributed by atoms with Crippen molar-refractivity contribution in [3.63, 3.8) is 0 Å². The Morgan fingerprint density at radius 2 is 1.85 bits per heavy atom. The second-order valence-electron chi connectivity index (χ2n) is 7.54. The van der Waals surface area contributed by atoms with Crippen molar-refractivity contribution < 1.29 is 9.47 Å². The maximum absolute atomic E-state index is 5.98. The minimum absolute atomic E-state index is 0. The molecule has 0 spiro atoms. The van der Waals surface area contributed by atoms with Gasteiger partial charge in [-0.2, -0.15) is 0 Å². The quantitative estimate of drug-likeness (QED) is 0.159. The predicted octanol–water partition coefficient (Wildman–Crippen LogP) is 4.14. The molecule has 0 bridgehead atoms. The summed E-state index contributed by atoms with van der Waals surface area (Å²) in [5, 5.41) is 6.73. The van der Waals surface area contributed by atoms with Gasteiger partial charge in [0.25, 0.3) is 0 Å². The molecule has 1 aromatic heterocycles. The van der Waals surface area contributed by atoms with Crippen LogP contribution in [0.3, 0.4) is 0 Å². The Labute approximate surface area is 213 Å². The predicted molar refractivity (Wildman–Crippen MR) is 143 cm³/mol. The lowest BCUT2D eigenvalue weighted by atomic mass is 10.1. The van der Waals surface area contributed by atoms with Crippen LogP contribution in [-0.2, 0) is 24.4 Å². The van der Waals surface area contributed by atoms with Crippen molar-refractivity contribution in [1.82, 2.24) is 20.2 Å². The van der Waals surface area contributed by atoms with Gasteiger partial charge in [-0.05, 0) is 24.1 Å². The number of ether oxygens (including phenoxy) is 2. The molecule has 0 atom stereocenters. The summed E-state index contributed by atoms with van der Waals surface area (Å²) in [4.78, 5) is 8.85. The van der Waals surface area contributed by atoms with E-state index in [0.29, 0.717) is 32.3 Å². The number of rotatable bonds is 11. The third-order valence-corrected chi connectivity index (χ3v) is 5.05. The number of guanidine groups is 1. The molecule has 2 aromatic carbocycles. The number of benzene rings is 2. The van der Waals surface area contributed by atoms with Crippen LogP contribution in [0.2, 0.25) is 0 Å². The van der Waals surface area contributed by atoms with Gasteiger partial charge in [0.2, 0.25) is 0 Å². The molecule has 0 amide bonds. The molecule has 2 N–H and O–H groups in total. The highest BCUT2D eigenvalue weighted by molar-refractivity contribution is 14.0. The van der Waals surface area contributed by atoms with Gasteiger partial charge in [-0.25, -0.2) is 4.98 Å². The summed E-state index contributed by atoms with van der Waals surface area (Å²) in [5.74, 6) is 2.56. The number of aliphatic imine (C=N–C) groups is 1. The van der Waals surface area contributed by atoms with Crippen molar-refractivity contribution in [3.05, 3.63) is 83.4 Å². The lowest BCUT2D eigenvalue weighted by Crippen LogP contribution is -2.37. The Bertz CT molecular complexity index is 991. The van der Waals surface area contributed by atoms with E-state index in [4.69, 9.17) is 9.47 Å². The Morgan fingerprint density at radius 1 is 1.06 bits per heavy atom. The number of aryl methyl sites for hydroxylation is 1. The molecule has 0 radical (unpaired) electrons. The van der Waals surface area contributed by atoms with Crippen LogP contribution in [0.4, 0.5) is 0 Å². The summed E-state index contributed by atoms with van der Waals surface area (Å²) in [6, 6.07) is 16.6. The average molecular weight is 563 g/mol. The Kier molecular flexibility index (Phi) is 11.7. The first-order valence-corrected chi connectivity index (χ1v) is 10.9. The van der Waals surface area contributed by atoms with E-state index >= 15 is 0 Å². The number of hydrogen-bond donors (Lipinski definition) is 2. The molecule has 0 aliphatic rings. The maximum Gasteiger partial charge on any atom is 0.191 e. The van der Waals surface area contributed by atoms with Crippen LogP contribution < -0.4 is 15.4 Å². The van der Waals surface area contributed by atoms with Gasteiger partial charge >= 0.3 is 0 Å². The zero-order valence-corrected chi connectivity index (χ0v) is 21.9. The minimum atomic E-state index is 0. The summed E-state index contributed by atoms with van der Waals surface area (Å²) in [6.45, 7) is 5.36. The number of aromatic nitrogens is 2. The molecule has 3 aromatic rings. The topological polar surface area (TPSA) is 72.7 Å². The maximum atomic E-state index is 5.98. The van der Waals surface area contributed by atoms with Crippen LogP contribution in [0, 0.1) is 6.92 Å². The van der Waals surface area contributed by atoms with Crippen LogP contribution in [-0.4, -0.2) is 42.9 Å². The second kappa shape index (κ2) is 14.5. The molecule has 33 heavy (non-hydrogen) atoms. The first-order chi connectivity index (χ1) is 15.7. The van der Waals surface area contributed by atoms with Crippen LogP contribution in [0.5, 0.6) is 5.75 Å². The molecular formula is C25H34IN5O2. The van der Waals surface area contributed by atoms with Gasteiger partial charge in [0.05, 0.1) is 13.2 Å². The molecule has 8 heteroatoms. The number of hydrogen-bond acceptors (Lipinski definition) is 4. The van der Waals surface area contributed by atoms with Gasteiger partial charge in [0.1, 0.15) is 11.6 Å². The van der Waals surface area contributed by atoms with Crippen molar-refractivity contribution in [2.75, 3.05) is 27.4 Å². The highest BCUT2D eigenvalue weighted by Crippen LogP contribution is 2.20. The highest BCUT2D eigenvalue weighted by atomic mass is 127. The zero-order valence-electron chi connectivity index (χ0n) is 19.6. The Hall–Kier alpha value is -2.59. The monoisotopic (exact) mass is 563 g/mol. The van der Waals surface area contributed by atoms with Crippen LogP contribution in [0.1, 0.15) is 28.9 Å². The lowest BCUT2D eigenvalue weighted by molar-refractivity contribution is 0.171. The van der Waals surface area contributed by atoms with Gasteiger partial charge in [-0.15, -0.1) is 24.0 Å². The van der Waals surface area contributed by atoms with Gasteiger partial charge in [-0.3, -0.25) is 4.99 Å². The molecule has 1 heterocycles. The van der Waals surface area contributed by atoms with Crippen molar-refractivity contribution in [1.29, 1.82) is 0 Å². The average Bonchev–Trinajstić information content (AvgIpc) is 3.25. The SMILES string of the molecule is CN=C(NCc1ccc(C)cc1OCCCOC)NCc1nccn1Cc1ccccc1.I. The number of nitrogens with zero attached hydrogens (tertiary/aromatic N) is 3. The summed E-state index contributed by atoms with van der Waals surface area (Å²) < 4.78 is 13.2. The fourth-order valence-corrected chi connectivity index (χ4v) is 3.32. The highest BCUT2D eigenvalue weighted by Gasteiger charge is 2.08. The molecular weight excluding hydrogens is 529 g/mol. The molecule has 0 aliphatic carbocycles. The van der Waals surface area contributed by atoms with E-state index in [9.17, 15) is 0 Å². The fraction of sp³-hybridized carbons (Fsp3) is 0.360. The molecule has 178 valence electrons. The Morgan fingerprint density at radius 3 is 2.61 bits per heavy atom. The van der Waals surface area contributed by atoms with Crippen molar-refractivity contribution in [3.8, 4) is 5.75 Å². The van der Waals surface area contributed by atoms with Crippen molar-refractivity contribution in [2.45, 2.75) is 33.0 Å². The number of imidazole rings is 1. The molecule has 0 saturated heterocycles. The molecule has 0 fully saturated rings. The van der Waals surface area contributed by atoms with Gasteiger partial charge in [0.15, 0.2) is 5.96 Å². The van der Waals surface area contributed by atoms with Gasteiger partial charge in [0, 0.05) is 58.2 Å². The normalized spacial score (nSPS) is 11.1. The number of methoxy groups -OCH3 is 1. The minimum Gasteiger partial charge on any atom is -0.493 e. The van der Waals surface area contributed by atoms with E-state index in [1.807, 2.05) is 18.5 Å². The molecule has 3 rings (SSSR count). The summed E-state index contributed by atoms with van der Waals surface area (Å²) in [5.41, 5.74) is 3.50. The molecule has 0 saturated carbocycles. The third kappa shape index (κ3) is 8.70. The Balaban J connectivity index is 0.00000385. The van der Waals surface area contributed by atoms with Crippen LogP contribution in [0.25, 0.3) is 0 Å². The van der Waals surface area contributed by atoms with Crippen molar-refractivity contribution >= 4 is 29.9 Å². The number of halogens is 1. The summed E-state index contributed by atoms with van der Waals surface area (Å²) in [6.07, 6.45) is 4.69. The van der Waals surface area contributed by atoms with E-state index in [-0.39, 0.29) is 24.0 Å².